The fourth-order valence-corrected chi connectivity index (χ4v) is 2.67. The van der Waals surface area contributed by atoms with Gasteiger partial charge in [-0.3, -0.25) is 4.79 Å². The summed E-state index contributed by atoms with van der Waals surface area (Å²) in [6.07, 6.45) is 16.7. The smallest absolute Gasteiger partial charge is 0.322 e. The van der Waals surface area contributed by atoms with Crippen molar-refractivity contribution in [2.45, 2.75) is 103 Å². The SMILES string of the molecule is CCCCCCCCCCCCCOC(=O)C(N)CCCCN. The van der Waals surface area contributed by atoms with Gasteiger partial charge in [-0.25, -0.2) is 0 Å². The van der Waals surface area contributed by atoms with Gasteiger partial charge in [0.05, 0.1) is 6.61 Å². The molecule has 0 aliphatic rings. The summed E-state index contributed by atoms with van der Waals surface area (Å²) in [5.41, 5.74) is 11.2. The van der Waals surface area contributed by atoms with E-state index in [1.54, 1.807) is 0 Å². The number of esters is 1. The number of hydrogen-bond donors (Lipinski definition) is 2. The lowest BCUT2D eigenvalue weighted by molar-refractivity contribution is -0.145. The van der Waals surface area contributed by atoms with Crippen LogP contribution in [0.4, 0.5) is 0 Å². The average Bonchev–Trinajstić information content (AvgIpc) is 2.55. The van der Waals surface area contributed by atoms with Crippen LogP contribution in [0.2, 0.25) is 0 Å². The lowest BCUT2D eigenvalue weighted by Crippen LogP contribution is -2.32. The summed E-state index contributed by atoms with van der Waals surface area (Å²) in [4.78, 5) is 11.6. The number of hydrogen-bond acceptors (Lipinski definition) is 4. The first-order valence-electron chi connectivity index (χ1n) is 9.84. The van der Waals surface area contributed by atoms with E-state index >= 15 is 0 Å². The molecule has 1 unspecified atom stereocenters. The molecule has 0 aromatic carbocycles. The number of unbranched alkanes of at least 4 members (excludes halogenated alkanes) is 11. The van der Waals surface area contributed by atoms with Crippen LogP contribution >= 0.6 is 0 Å². The second kappa shape index (κ2) is 17.7. The summed E-state index contributed by atoms with van der Waals surface area (Å²) in [5, 5.41) is 0. The molecule has 0 fully saturated rings. The Kier molecular flexibility index (Phi) is 17.3. The molecule has 138 valence electrons. The van der Waals surface area contributed by atoms with Crippen LogP contribution in [0.1, 0.15) is 96.8 Å². The predicted octanol–water partition coefficient (Wildman–Crippen LogP) is 4.30. The van der Waals surface area contributed by atoms with Crippen molar-refractivity contribution < 1.29 is 9.53 Å². The van der Waals surface area contributed by atoms with Crippen molar-refractivity contribution in [2.75, 3.05) is 13.2 Å². The molecule has 0 aliphatic heterocycles. The molecule has 0 amide bonds. The maximum absolute atomic E-state index is 11.6. The average molecular weight is 329 g/mol. The van der Waals surface area contributed by atoms with Crippen LogP contribution in [0.5, 0.6) is 0 Å². The zero-order valence-electron chi connectivity index (χ0n) is 15.4. The van der Waals surface area contributed by atoms with E-state index in [-0.39, 0.29) is 5.97 Å². The van der Waals surface area contributed by atoms with Gasteiger partial charge in [0.25, 0.3) is 0 Å². The maximum Gasteiger partial charge on any atom is 0.322 e. The summed E-state index contributed by atoms with van der Waals surface area (Å²) in [6, 6.07) is -0.478. The Balaban J connectivity index is 3.24. The van der Waals surface area contributed by atoms with Gasteiger partial charge in [-0.1, -0.05) is 77.6 Å². The first-order chi connectivity index (χ1) is 11.2. The van der Waals surface area contributed by atoms with Crippen molar-refractivity contribution in [1.29, 1.82) is 0 Å². The van der Waals surface area contributed by atoms with Gasteiger partial charge < -0.3 is 16.2 Å². The van der Waals surface area contributed by atoms with Gasteiger partial charge in [0.15, 0.2) is 0 Å². The maximum atomic E-state index is 11.6. The van der Waals surface area contributed by atoms with E-state index in [1.165, 1.54) is 57.8 Å². The van der Waals surface area contributed by atoms with Crippen molar-refractivity contribution >= 4 is 5.97 Å². The topological polar surface area (TPSA) is 78.3 Å². The third kappa shape index (κ3) is 16.0. The van der Waals surface area contributed by atoms with Crippen LogP contribution in [0, 0.1) is 0 Å². The highest BCUT2D eigenvalue weighted by Crippen LogP contribution is 2.11. The molecule has 0 aromatic rings. The Morgan fingerprint density at radius 3 is 1.87 bits per heavy atom. The molecule has 0 saturated carbocycles. The molecule has 0 heterocycles. The molecule has 1 atom stereocenters. The van der Waals surface area contributed by atoms with E-state index in [0.717, 1.165) is 25.7 Å². The highest BCUT2D eigenvalue weighted by atomic mass is 16.5. The molecule has 0 rings (SSSR count). The second-order valence-electron chi connectivity index (χ2n) is 6.59. The van der Waals surface area contributed by atoms with E-state index in [2.05, 4.69) is 6.92 Å². The molecule has 0 saturated heterocycles. The molecule has 0 radical (unpaired) electrons. The quantitative estimate of drug-likeness (QED) is 0.308. The van der Waals surface area contributed by atoms with E-state index in [9.17, 15) is 4.79 Å². The highest BCUT2D eigenvalue weighted by molar-refractivity contribution is 5.75. The van der Waals surface area contributed by atoms with Crippen molar-refractivity contribution in [1.82, 2.24) is 0 Å². The van der Waals surface area contributed by atoms with Crippen LogP contribution in [0.25, 0.3) is 0 Å². The normalized spacial score (nSPS) is 12.3. The minimum atomic E-state index is -0.478. The summed E-state index contributed by atoms with van der Waals surface area (Å²) in [7, 11) is 0. The fourth-order valence-electron chi connectivity index (χ4n) is 2.67. The predicted molar refractivity (Wildman–Crippen MR) is 98.3 cm³/mol. The van der Waals surface area contributed by atoms with Crippen LogP contribution in [-0.4, -0.2) is 25.2 Å². The van der Waals surface area contributed by atoms with Gasteiger partial charge in [0, 0.05) is 0 Å². The third-order valence-corrected chi connectivity index (χ3v) is 4.26. The minimum absolute atomic E-state index is 0.255. The number of carbonyl (C=O) groups excluding carboxylic acids is 1. The standard InChI is InChI=1S/C19H40N2O2/c1-2-3-4-5-6-7-8-9-10-11-14-17-23-19(22)18(21)15-12-13-16-20/h18H,2-17,20-21H2,1H3. The minimum Gasteiger partial charge on any atom is -0.465 e. The Labute approximate surface area is 143 Å². The molecule has 0 aromatic heterocycles. The monoisotopic (exact) mass is 328 g/mol. The summed E-state index contributed by atoms with van der Waals surface area (Å²) < 4.78 is 5.22. The Hall–Kier alpha value is -0.610. The molecule has 23 heavy (non-hydrogen) atoms. The number of ether oxygens (including phenoxy) is 1. The van der Waals surface area contributed by atoms with Crippen molar-refractivity contribution in [3.8, 4) is 0 Å². The zero-order valence-corrected chi connectivity index (χ0v) is 15.4. The van der Waals surface area contributed by atoms with E-state index in [0.29, 0.717) is 19.6 Å². The van der Waals surface area contributed by atoms with Gasteiger partial charge in [-0.15, -0.1) is 0 Å². The van der Waals surface area contributed by atoms with Crippen LogP contribution in [-0.2, 0) is 9.53 Å². The zero-order chi connectivity index (χ0) is 17.2. The summed E-state index contributed by atoms with van der Waals surface area (Å²) >= 11 is 0. The Morgan fingerprint density at radius 1 is 0.826 bits per heavy atom. The molecule has 4 nitrogen and oxygen atoms in total. The van der Waals surface area contributed by atoms with Gasteiger partial charge in [-0.2, -0.15) is 0 Å². The lowest BCUT2D eigenvalue weighted by Gasteiger charge is -2.11. The molecular formula is C19H40N2O2. The second-order valence-corrected chi connectivity index (χ2v) is 6.59. The lowest BCUT2D eigenvalue weighted by atomic mass is 10.1. The Bertz CT molecular complexity index is 260. The van der Waals surface area contributed by atoms with E-state index < -0.39 is 6.04 Å². The summed E-state index contributed by atoms with van der Waals surface area (Å²) in [5.74, 6) is -0.255. The van der Waals surface area contributed by atoms with E-state index in [1.807, 2.05) is 0 Å². The van der Waals surface area contributed by atoms with Crippen LogP contribution in [0.3, 0.4) is 0 Å². The van der Waals surface area contributed by atoms with E-state index in [4.69, 9.17) is 16.2 Å². The first kappa shape index (κ1) is 22.4. The number of rotatable bonds is 17. The molecule has 0 bridgehead atoms. The van der Waals surface area contributed by atoms with Crippen LogP contribution in [0.15, 0.2) is 0 Å². The van der Waals surface area contributed by atoms with Crippen molar-refractivity contribution in [2.24, 2.45) is 11.5 Å². The fraction of sp³-hybridized carbons (Fsp3) is 0.947. The van der Waals surface area contributed by atoms with Crippen molar-refractivity contribution in [3.05, 3.63) is 0 Å². The highest BCUT2D eigenvalue weighted by Gasteiger charge is 2.13. The van der Waals surface area contributed by atoms with Crippen LogP contribution < -0.4 is 11.5 Å². The largest absolute Gasteiger partial charge is 0.465 e. The first-order valence-corrected chi connectivity index (χ1v) is 9.84. The van der Waals surface area contributed by atoms with Gasteiger partial charge >= 0.3 is 5.97 Å². The molecular weight excluding hydrogens is 288 g/mol. The summed E-state index contributed by atoms with van der Waals surface area (Å²) in [6.45, 7) is 3.42. The number of carbonyl (C=O) groups is 1. The molecule has 0 aliphatic carbocycles. The number of nitrogens with two attached hydrogens (primary N) is 2. The third-order valence-electron chi connectivity index (χ3n) is 4.26. The molecule has 0 spiro atoms. The van der Waals surface area contributed by atoms with Crippen molar-refractivity contribution in [3.63, 3.8) is 0 Å². The van der Waals surface area contributed by atoms with Gasteiger partial charge in [-0.05, 0) is 25.8 Å². The van der Waals surface area contributed by atoms with Gasteiger partial charge in [0.1, 0.15) is 6.04 Å². The Morgan fingerprint density at radius 2 is 1.35 bits per heavy atom. The van der Waals surface area contributed by atoms with Gasteiger partial charge in [0.2, 0.25) is 0 Å². The molecule has 4 N–H and O–H groups in total. The molecule has 4 heteroatoms.